The highest BCUT2D eigenvalue weighted by molar-refractivity contribution is 7.09. The van der Waals surface area contributed by atoms with Gasteiger partial charge in [-0.25, -0.2) is 9.97 Å². The molecule has 0 unspecified atom stereocenters. The van der Waals surface area contributed by atoms with Gasteiger partial charge in [0.05, 0.1) is 18.2 Å². The Morgan fingerprint density at radius 1 is 1.46 bits per heavy atom. The number of nitrogens with zero attached hydrogens (tertiary/aromatic N) is 4. The number of aromatic nitrogens is 2. The number of ether oxygens (including phenoxy) is 1. The minimum Gasteiger partial charge on any atom is -0.375 e. The molecule has 2 aromatic rings. The van der Waals surface area contributed by atoms with Crippen LogP contribution in [0, 0.1) is 17.2 Å². The molecule has 1 aliphatic heterocycles. The number of likely N-dealkylation sites (tertiary alicyclic amines) is 1. The first-order valence-electron chi connectivity index (χ1n) is 8.96. The van der Waals surface area contributed by atoms with Crippen molar-refractivity contribution in [2.45, 2.75) is 19.4 Å². The maximum atomic E-state index is 12.5. The summed E-state index contributed by atoms with van der Waals surface area (Å²) in [5.74, 6) is -0.357. The molecule has 0 bridgehead atoms. The second kappa shape index (κ2) is 9.39. The molecule has 2 amide bonds. The Morgan fingerprint density at radius 3 is 3.04 bits per heavy atom. The van der Waals surface area contributed by atoms with Crippen molar-refractivity contribution < 1.29 is 14.3 Å². The second-order valence-corrected chi connectivity index (χ2v) is 7.44. The van der Waals surface area contributed by atoms with Crippen LogP contribution in [0.4, 0.5) is 0 Å². The van der Waals surface area contributed by atoms with Crippen LogP contribution in [0.25, 0.3) is 11.3 Å². The number of hydrogen-bond acceptors (Lipinski definition) is 7. The number of nitrogens with one attached hydrogen (secondary N) is 1. The maximum Gasteiger partial charge on any atom is 0.248 e. The minimum absolute atomic E-state index is 0.0421. The number of methoxy groups -OCH3 is 1. The normalized spacial score (nSPS) is 16.4. The van der Waals surface area contributed by atoms with Crippen molar-refractivity contribution in [1.82, 2.24) is 20.2 Å². The van der Waals surface area contributed by atoms with Crippen LogP contribution in [0.2, 0.25) is 0 Å². The predicted molar refractivity (Wildman–Crippen MR) is 103 cm³/mol. The van der Waals surface area contributed by atoms with E-state index < -0.39 is 0 Å². The fraction of sp³-hybridized carbons (Fsp3) is 0.421. The summed E-state index contributed by atoms with van der Waals surface area (Å²) >= 11 is 1.46. The van der Waals surface area contributed by atoms with Crippen molar-refractivity contribution in [3.05, 3.63) is 34.4 Å². The van der Waals surface area contributed by atoms with Crippen molar-refractivity contribution in [1.29, 1.82) is 5.26 Å². The molecular formula is C19H21N5O3S. The molecule has 9 heteroatoms. The van der Waals surface area contributed by atoms with Crippen LogP contribution in [0.1, 0.15) is 23.5 Å². The van der Waals surface area contributed by atoms with Crippen molar-refractivity contribution >= 4 is 23.2 Å². The first-order chi connectivity index (χ1) is 13.6. The SMILES string of the molecule is COCC(=O)N1CCC[C@H](C(=O)NCc2nc(-c3ccc(C#N)nc3)cs2)C1. The first-order valence-corrected chi connectivity index (χ1v) is 9.84. The van der Waals surface area contributed by atoms with E-state index in [4.69, 9.17) is 10.00 Å². The molecule has 0 aromatic carbocycles. The lowest BCUT2D eigenvalue weighted by Crippen LogP contribution is -2.46. The number of carbonyl (C=O) groups is 2. The van der Waals surface area contributed by atoms with E-state index in [1.807, 2.05) is 11.4 Å². The quantitative estimate of drug-likeness (QED) is 0.790. The zero-order valence-corrected chi connectivity index (χ0v) is 16.4. The highest BCUT2D eigenvalue weighted by Gasteiger charge is 2.28. The van der Waals surface area contributed by atoms with Gasteiger partial charge in [-0.1, -0.05) is 0 Å². The Kier molecular flexibility index (Phi) is 6.68. The third-order valence-corrected chi connectivity index (χ3v) is 5.40. The molecule has 3 heterocycles. The Morgan fingerprint density at radius 2 is 2.32 bits per heavy atom. The summed E-state index contributed by atoms with van der Waals surface area (Å²) in [5.41, 5.74) is 1.95. The highest BCUT2D eigenvalue weighted by Crippen LogP contribution is 2.22. The Bertz CT molecular complexity index is 874. The van der Waals surface area contributed by atoms with Crippen molar-refractivity contribution in [3.8, 4) is 17.3 Å². The summed E-state index contributed by atoms with van der Waals surface area (Å²) in [5, 5.41) is 14.4. The zero-order chi connectivity index (χ0) is 19.9. The molecule has 1 aliphatic rings. The van der Waals surface area contributed by atoms with Crippen molar-refractivity contribution in [2.75, 3.05) is 26.8 Å². The van der Waals surface area contributed by atoms with Gasteiger partial charge in [0.25, 0.3) is 0 Å². The molecule has 0 radical (unpaired) electrons. The molecule has 0 saturated carbocycles. The summed E-state index contributed by atoms with van der Waals surface area (Å²) < 4.78 is 4.89. The molecule has 8 nitrogen and oxygen atoms in total. The standard InChI is InChI=1S/C19H21N5O3S/c1-27-11-18(25)24-6-2-3-14(10-24)19(26)22-9-17-23-16(12-28-17)13-4-5-15(7-20)21-8-13/h4-5,8,12,14H,2-3,6,9-11H2,1H3,(H,22,26)/t14-/m0/s1. The lowest BCUT2D eigenvalue weighted by atomic mass is 9.97. The van der Waals surface area contributed by atoms with Crippen LogP contribution in [-0.2, 0) is 20.9 Å². The topological polar surface area (TPSA) is 108 Å². The van der Waals surface area contributed by atoms with E-state index >= 15 is 0 Å². The molecular weight excluding hydrogens is 378 g/mol. The van der Waals surface area contributed by atoms with Crippen LogP contribution in [0.15, 0.2) is 23.7 Å². The van der Waals surface area contributed by atoms with Gasteiger partial charge >= 0.3 is 0 Å². The van der Waals surface area contributed by atoms with Crippen LogP contribution in [0.3, 0.4) is 0 Å². The molecule has 1 atom stereocenters. The average molecular weight is 399 g/mol. The van der Waals surface area contributed by atoms with Crippen LogP contribution in [-0.4, -0.2) is 53.5 Å². The third-order valence-electron chi connectivity index (χ3n) is 4.55. The van der Waals surface area contributed by atoms with Crippen molar-refractivity contribution in [2.24, 2.45) is 5.92 Å². The van der Waals surface area contributed by atoms with E-state index in [-0.39, 0.29) is 24.3 Å². The molecule has 0 aliphatic carbocycles. The maximum absolute atomic E-state index is 12.5. The van der Waals surface area contributed by atoms with Gasteiger partial charge in [-0.15, -0.1) is 11.3 Å². The lowest BCUT2D eigenvalue weighted by molar-refractivity contribution is -0.139. The summed E-state index contributed by atoms with van der Waals surface area (Å²) in [7, 11) is 1.49. The lowest BCUT2D eigenvalue weighted by Gasteiger charge is -2.31. The summed E-state index contributed by atoms with van der Waals surface area (Å²) in [6.45, 7) is 1.48. The number of hydrogen-bond donors (Lipinski definition) is 1. The summed E-state index contributed by atoms with van der Waals surface area (Å²) in [6.07, 6.45) is 3.19. The predicted octanol–water partition coefficient (Wildman–Crippen LogP) is 1.58. The van der Waals surface area contributed by atoms with Crippen LogP contribution < -0.4 is 5.32 Å². The fourth-order valence-corrected chi connectivity index (χ4v) is 3.82. The molecule has 0 spiro atoms. The highest BCUT2D eigenvalue weighted by atomic mass is 32.1. The largest absolute Gasteiger partial charge is 0.375 e. The molecule has 1 saturated heterocycles. The zero-order valence-electron chi connectivity index (χ0n) is 15.6. The Labute approximate surface area is 167 Å². The number of carbonyl (C=O) groups excluding carboxylic acids is 2. The van der Waals surface area contributed by atoms with Crippen LogP contribution >= 0.6 is 11.3 Å². The Balaban J connectivity index is 1.54. The van der Waals surface area contributed by atoms with Crippen molar-refractivity contribution in [3.63, 3.8) is 0 Å². The van der Waals surface area contributed by atoms with E-state index in [0.717, 1.165) is 29.1 Å². The molecule has 28 heavy (non-hydrogen) atoms. The molecule has 146 valence electrons. The van der Waals surface area contributed by atoms with Gasteiger partial charge in [-0.05, 0) is 25.0 Å². The number of pyridine rings is 1. The van der Waals surface area contributed by atoms with E-state index in [0.29, 0.717) is 25.3 Å². The molecule has 2 aromatic heterocycles. The molecule has 1 fully saturated rings. The van der Waals surface area contributed by atoms with E-state index in [2.05, 4.69) is 15.3 Å². The molecule has 3 rings (SSSR count). The van der Waals surface area contributed by atoms with Gasteiger partial charge in [0.1, 0.15) is 23.4 Å². The number of piperidine rings is 1. The van der Waals surface area contributed by atoms with Gasteiger partial charge in [0.2, 0.25) is 11.8 Å². The summed E-state index contributed by atoms with van der Waals surface area (Å²) in [4.78, 5) is 34.7. The number of rotatable bonds is 6. The number of thiazole rings is 1. The van der Waals surface area contributed by atoms with Gasteiger partial charge in [0, 0.05) is 37.3 Å². The van der Waals surface area contributed by atoms with Gasteiger partial charge in [-0.2, -0.15) is 5.26 Å². The van der Waals surface area contributed by atoms with Gasteiger partial charge in [-0.3, -0.25) is 9.59 Å². The van der Waals surface area contributed by atoms with Crippen LogP contribution in [0.5, 0.6) is 0 Å². The smallest absolute Gasteiger partial charge is 0.248 e. The third kappa shape index (κ3) is 4.91. The fourth-order valence-electron chi connectivity index (χ4n) is 3.08. The average Bonchev–Trinajstić information content (AvgIpc) is 3.21. The van der Waals surface area contributed by atoms with Gasteiger partial charge < -0.3 is 15.0 Å². The number of amides is 2. The van der Waals surface area contributed by atoms with Gasteiger partial charge in [0.15, 0.2) is 0 Å². The first kappa shape index (κ1) is 19.9. The van der Waals surface area contributed by atoms with E-state index in [1.54, 1.807) is 23.2 Å². The van der Waals surface area contributed by atoms with E-state index in [1.165, 1.54) is 18.4 Å². The Hall–Kier alpha value is -2.83. The second-order valence-electron chi connectivity index (χ2n) is 6.50. The minimum atomic E-state index is -0.211. The molecule has 1 N–H and O–H groups in total. The number of nitriles is 1. The monoisotopic (exact) mass is 399 g/mol. The van der Waals surface area contributed by atoms with E-state index in [9.17, 15) is 9.59 Å². The summed E-state index contributed by atoms with van der Waals surface area (Å²) in [6, 6.07) is 5.43.